The van der Waals surface area contributed by atoms with E-state index >= 15 is 0 Å². The van der Waals surface area contributed by atoms with Crippen LogP contribution in [0.2, 0.25) is 0 Å². The van der Waals surface area contributed by atoms with Gasteiger partial charge in [-0.25, -0.2) is 9.97 Å². The highest BCUT2D eigenvalue weighted by Gasteiger charge is 2.18. The van der Waals surface area contributed by atoms with Gasteiger partial charge in [-0.1, -0.05) is 13.8 Å². The lowest BCUT2D eigenvalue weighted by molar-refractivity contribution is 0.699. The number of imidazole rings is 2. The van der Waals surface area contributed by atoms with Crippen LogP contribution >= 0.6 is 0 Å². The molecule has 4 heterocycles. The fourth-order valence-electron chi connectivity index (χ4n) is 4.28. The van der Waals surface area contributed by atoms with E-state index < -0.39 is 0 Å². The predicted molar refractivity (Wildman–Crippen MR) is 130 cm³/mol. The molecule has 0 atom stereocenters. The van der Waals surface area contributed by atoms with Crippen molar-refractivity contribution in [2.45, 2.75) is 53.6 Å². The molecule has 162 valence electrons. The number of hydrogen-bond acceptors (Lipinski definition) is 4. The van der Waals surface area contributed by atoms with Crippen molar-refractivity contribution < 1.29 is 0 Å². The SMILES string of the molecule is CCCn1c(-c2ccc(C)nc2)nc2cc3nc(-c4ccc(C)nc4)n(CCC)c3cc21. The molecule has 1 aromatic carbocycles. The van der Waals surface area contributed by atoms with E-state index in [-0.39, 0.29) is 0 Å². The van der Waals surface area contributed by atoms with Gasteiger partial charge in [0.1, 0.15) is 11.6 Å². The summed E-state index contributed by atoms with van der Waals surface area (Å²) in [7, 11) is 0. The third-order valence-electron chi connectivity index (χ3n) is 5.85. The highest BCUT2D eigenvalue weighted by Crippen LogP contribution is 2.31. The summed E-state index contributed by atoms with van der Waals surface area (Å²) in [6.45, 7) is 10.2. The molecule has 5 rings (SSSR count). The zero-order chi connectivity index (χ0) is 22.2. The maximum Gasteiger partial charge on any atom is 0.142 e. The third kappa shape index (κ3) is 3.45. The van der Waals surface area contributed by atoms with Crippen LogP contribution < -0.4 is 0 Å². The summed E-state index contributed by atoms with van der Waals surface area (Å²) in [5.41, 5.74) is 8.32. The van der Waals surface area contributed by atoms with E-state index in [2.05, 4.69) is 57.2 Å². The number of rotatable bonds is 6. The molecule has 6 nitrogen and oxygen atoms in total. The molecule has 0 fully saturated rings. The second-order valence-corrected chi connectivity index (χ2v) is 8.38. The Kier molecular flexibility index (Phi) is 5.21. The van der Waals surface area contributed by atoms with Crippen LogP contribution in [0.25, 0.3) is 44.8 Å². The largest absolute Gasteiger partial charge is 0.324 e. The maximum atomic E-state index is 5.01. The normalized spacial score (nSPS) is 11.6. The lowest BCUT2D eigenvalue weighted by Crippen LogP contribution is -2.02. The number of aryl methyl sites for hydroxylation is 4. The van der Waals surface area contributed by atoms with Crippen molar-refractivity contribution >= 4 is 22.1 Å². The molecule has 0 aliphatic carbocycles. The number of pyridine rings is 2. The van der Waals surface area contributed by atoms with Crippen molar-refractivity contribution in [3.8, 4) is 22.8 Å². The molecule has 0 N–H and O–H groups in total. The first kappa shape index (κ1) is 20.4. The molecule has 0 bridgehead atoms. The van der Waals surface area contributed by atoms with Gasteiger partial charge in [0.05, 0.1) is 22.1 Å². The molecular weight excluding hydrogens is 396 g/mol. The molecule has 0 aliphatic heterocycles. The highest BCUT2D eigenvalue weighted by atomic mass is 15.1. The van der Waals surface area contributed by atoms with Crippen LogP contribution in [0.15, 0.2) is 48.8 Å². The lowest BCUT2D eigenvalue weighted by atomic mass is 10.2. The number of fused-ring (bicyclic) bond motifs is 2. The molecule has 0 spiro atoms. The van der Waals surface area contributed by atoms with Crippen LogP contribution in [-0.4, -0.2) is 29.1 Å². The van der Waals surface area contributed by atoms with E-state index in [4.69, 9.17) is 9.97 Å². The smallest absolute Gasteiger partial charge is 0.142 e. The lowest BCUT2D eigenvalue weighted by Gasteiger charge is -2.10. The van der Waals surface area contributed by atoms with Gasteiger partial charge in [-0.3, -0.25) is 9.97 Å². The molecule has 5 aromatic rings. The molecular formula is C26H28N6. The maximum absolute atomic E-state index is 5.01. The van der Waals surface area contributed by atoms with Crippen LogP contribution in [0.5, 0.6) is 0 Å². The average molecular weight is 425 g/mol. The van der Waals surface area contributed by atoms with Crippen molar-refractivity contribution in [3.63, 3.8) is 0 Å². The van der Waals surface area contributed by atoms with Gasteiger partial charge in [-0.15, -0.1) is 0 Å². The summed E-state index contributed by atoms with van der Waals surface area (Å²) < 4.78 is 4.63. The Labute approximate surface area is 188 Å². The van der Waals surface area contributed by atoms with E-state index in [1.165, 1.54) is 0 Å². The Balaban J connectivity index is 1.74. The van der Waals surface area contributed by atoms with Gasteiger partial charge in [0, 0.05) is 48.0 Å². The van der Waals surface area contributed by atoms with Crippen molar-refractivity contribution in [1.82, 2.24) is 29.1 Å². The van der Waals surface area contributed by atoms with Crippen molar-refractivity contribution in [2.24, 2.45) is 0 Å². The minimum absolute atomic E-state index is 0.905. The quantitative estimate of drug-likeness (QED) is 0.338. The van der Waals surface area contributed by atoms with Crippen LogP contribution in [0, 0.1) is 13.8 Å². The minimum atomic E-state index is 0.905. The van der Waals surface area contributed by atoms with Crippen LogP contribution in [0.1, 0.15) is 38.1 Å². The number of hydrogen-bond donors (Lipinski definition) is 0. The first-order chi connectivity index (χ1) is 15.6. The molecule has 0 unspecified atom stereocenters. The van der Waals surface area contributed by atoms with Crippen LogP contribution in [-0.2, 0) is 13.1 Å². The molecule has 0 radical (unpaired) electrons. The Morgan fingerprint density at radius 2 is 1.12 bits per heavy atom. The Morgan fingerprint density at radius 3 is 1.50 bits per heavy atom. The summed E-state index contributed by atoms with van der Waals surface area (Å²) in [5.74, 6) is 1.93. The molecule has 0 saturated heterocycles. The van der Waals surface area contributed by atoms with E-state index in [1.54, 1.807) is 0 Å². The fourth-order valence-corrected chi connectivity index (χ4v) is 4.28. The Bertz CT molecular complexity index is 1290. The monoisotopic (exact) mass is 424 g/mol. The summed E-state index contributed by atoms with van der Waals surface area (Å²) >= 11 is 0. The molecule has 0 aliphatic rings. The Morgan fingerprint density at radius 1 is 0.656 bits per heavy atom. The third-order valence-corrected chi connectivity index (χ3v) is 5.85. The number of nitrogens with zero attached hydrogens (tertiary/aromatic N) is 6. The number of aromatic nitrogens is 6. The Hall–Kier alpha value is -3.54. The zero-order valence-corrected chi connectivity index (χ0v) is 19.1. The van der Waals surface area contributed by atoms with Crippen molar-refractivity contribution in [3.05, 3.63) is 60.2 Å². The van der Waals surface area contributed by atoms with E-state index in [0.717, 1.165) is 82.2 Å². The zero-order valence-electron chi connectivity index (χ0n) is 19.1. The van der Waals surface area contributed by atoms with Gasteiger partial charge in [0.2, 0.25) is 0 Å². The van der Waals surface area contributed by atoms with Gasteiger partial charge in [-0.2, -0.15) is 0 Å². The van der Waals surface area contributed by atoms with Crippen molar-refractivity contribution in [2.75, 3.05) is 0 Å². The first-order valence-electron chi connectivity index (χ1n) is 11.4. The molecule has 0 saturated carbocycles. The van der Waals surface area contributed by atoms with Crippen molar-refractivity contribution in [1.29, 1.82) is 0 Å². The van der Waals surface area contributed by atoms with Crippen LogP contribution in [0.4, 0.5) is 0 Å². The summed E-state index contributed by atoms with van der Waals surface area (Å²) in [4.78, 5) is 19.0. The number of benzene rings is 1. The molecule has 0 amide bonds. The standard InChI is InChI=1S/C26H28N6/c1-5-11-31-23-14-24-22(13-21(23)29-25(31)19-9-7-17(3)27-15-19)30-26(32(24)12-6-2)20-10-8-18(4)28-16-20/h7-10,13-16H,5-6,11-12H2,1-4H3. The predicted octanol–water partition coefficient (Wildman–Crippen LogP) is 5.95. The summed E-state index contributed by atoms with van der Waals surface area (Å²) in [6, 6.07) is 12.7. The highest BCUT2D eigenvalue weighted by molar-refractivity contribution is 5.95. The van der Waals surface area contributed by atoms with Gasteiger partial charge in [0.15, 0.2) is 0 Å². The average Bonchev–Trinajstić information content (AvgIpc) is 3.32. The molecule has 32 heavy (non-hydrogen) atoms. The minimum Gasteiger partial charge on any atom is -0.324 e. The topological polar surface area (TPSA) is 61.4 Å². The van der Waals surface area contributed by atoms with E-state index in [0.29, 0.717) is 0 Å². The second kappa shape index (κ2) is 8.19. The van der Waals surface area contributed by atoms with Gasteiger partial charge >= 0.3 is 0 Å². The first-order valence-corrected chi connectivity index (χ1v) is 11.4. The van der Waals surface area contributed by atoms with Gasteiger partial charge in [0.25, 0.3) is 0 Å². The van der Waals surface area contributed by atoms with Gasteiger partial charge in [-0.05, 0) is 63.1 Å². The van der Waals surface area contributed by atoms with E-state index in [1.807, 2.05) is 38.4 Å². The summed E-state index contributed by atoms with van der Waals surface area (Å²) in [6.07, 6.45) is 5.90. The van der Waals surface area contributed by atoms with Gasteiger partial charge < -0.3 is 9.13 Å². The molecule has 6 heteroatoms. The summed E-state index contributed by atoms with van der Waals surface area (Å²) in [5, 5.41) is 0. The molecule has 4 aromatic heterocycles. The second-order valence-electron chi connectivity index (χ2n) is 8.38. The van der Waals surface area contributed by atoms with Crippen LogP contribution in [0.3, 0.4) is 0 Å². The fraction of sp³-hybridized carbons (Fsp3) is 0.308. The van der Waals surface area contributed by atoms with E-state index in [9.17, 15) is 0 Å².